The average Bonchev–Trinajstić information content (AvgIpc) is 3.56. The van der Waals surface area contributed by atoms with Gasteiger partial charge in [-0.05, 0) is 53.4 Å². The molecule has 220 valence electrons. The summed E-state index contributed by atoms with van der Waals surface area (Å²) in [5, 5.41) is 7.73. The molecular formula is C38H38N6. The molecule has 0 saturated carbocycles. The van der Waals surface area contributed by atoms with Crippen molar-refractivity contribution in [2.24, 2.45) is 5.92 Å². The second kappa shape index (κ2) is 10.1. The molecule has 0 bridgehead atoms. The van der Waals surface area contributed by atoms with Crippen molar-refractivity contribution in [1.29, 1.82) is 0 Å². The van der Waals surface area contributed by atoms with Crippen LogP contribution in [-0.2, 0) is 5.41 Å². The van der Waals surface area contributed by atoms with E-state index in [0.29, 0.717) is 0 Å². The number of hydrogen-bond donors (Lipinski definition) is 2. The molecule has 0 saturated heterocycles. The third-order valence-corrected chi connectivity index (χ3v) is 10.2. The zero-order valence-electron chi connectivity index (χ0n) is 25.6. The zero-order valence-corrected chi connectivity index (χ0v) is 25.6. The first-order valence-corrected chi connectivity index (χ1v) is 15.7. The van der Waals surface area contributed by atoms with Crippen LogP contribution in [0.4, 0.5) is 34.4 Å². The summed E-state index contributed by atoms with van der Waals surface area (Å²) in [5.41, 5.74) is 8.07. The highest BCUT2D eigenvalue weighted by molar-refractivity contribution is 5.88. The number of rotatable bonds is 5. The Balaban J connectivity index is 1.35. The molecule has 1 aromatic heterocycles. The summed E-state index contributed by atoms with van der Waals surface area (Å²) >= 11 is 0. The summed E-state index contributed by atoms with van der Waals surface area (Å²) in [7, 11) is 0. The Kier molecular flexibility index (Phi) is 6.16. The zero-order chi connectivity index (χ0) is 30.0. The number of nitrogens with one attached hydrogen (secondary N) is 2. The molecule has 4 aromatic carbocycles. The fourth-order valence-electron chi connectivity index (χ4n) is 7.83. The van der Waals surface area contributed by atoms with Gasteiger partial charge in [-0.25, -0.2) is 9.97 Å². The normalized spacial score (nSPS) is 24.8. The molecule has 5 aromatic rings. The van der Waals surface area contributed by atoms with E-state index in [-0.39, 0.29) is 35.5 Å². The van der Waals surface area contributed by atoms with Crippen molar-refractivity contribution in [3.05, 3.63) is 132 Å². The largest absolute Gasteiger partial charge is 0.365 e. The van der Waals surface area contributed by atoms with Crippen LogP contribution < -0.4 is 20.4 Å². The number of benzene rings is 4. The molecular weight excluding hydrogens is 540 g/mol. The quantitative estimate of drug-likeness (QED) is 0.217. The predicted molar refractivity (Wildman–Crippen MR) is 180 cm³/mol. The van der Waals surface area contributed by atoms with Gasteiger partial charge in [0.1, 0.15) is 6.17 Å². The van der Waals surface area contributed by atoms with Crippen molar-refractivity contribution in [3.8, 4) is 0 Å². The van der Waals surface area contributed by atoms with E-state index in [1.807, 2.05) is 6.20 Å². The lowest BCUT2D eigenvalue weighted by Gasteiger charge is -2.52. The maximum absolute atomic E-state index is 5.30. The Morgan fingerprint density at radius 2 is 1.48 bits per heavy atom. The van der Waals surface area contributed by atoms with E-state index < -0.39 is 0 Å². The van der Waals surface area contributed by atoms with Gasteiger partial charge in [0.05, 0.1) is 18.1 Å². The van der Waals surface area contributed by atoms with Crippen LogP contribution in [0.1, 0.15) is 56.4 Å². The molecule has 8 rings (SSSR count). The Morgan fingerprint density at radius 3 is 2.25 bits per heavy atom. The van der Waals surface area contributed by atoms with Gasteiger partial charge in [0.2, 0.25) is 0 Å². The summed E-state index contributed by atoms with van der Waals surface area (Å²) in [6, 6.07) is 39.1. The molecule has 0 spiro atoms. The molecule has 0 radical (unpaired) electrons. The Labute approximate surface area is 259 Å². The van der Waals surface area contributed by atoms with Gasteiger partial charge in [0.15, 0.2) is 11.6 Å². The minimum Gasteiger partial charge on any atom is -0.365 e. The van der Waals surface area contributed by atoms with Crippen LogP contribution in [-0.4, -0.2) is 22.3 Å². The molecule has 3 aliphatic rings. The molecule has 5 atom stereocenters. The van der Waals surface area contributed by atoms with Crippen LogP contribution in [0.3, 0.4) is 0 Å². The first-order valence-electron chi connectivity index (χ1n) is 15.7. The third-order valence-electron chi connectivity index (χ3n) is 10.2. The molecule has 2 N–H and O–H groups in total. The standard InChI is InChI=1S/C38H38N6/c1-24(2)31-23-39-35-36(42-31)43(27-17-9-6-10-18-27)37-33(28-19-11-14-22-32(28)44(35)37)38(4)25(3)34(40-26-15-7-5-8-16-26)41-30-21-13-12-20-29(30)38/h5-25,33-34,37,40-41H,1-4H3. The topological polar surface area (TPSA) is 56.3 Å². The summed E-state index contributed by atoms with van der Waals surface area (Å²) in [6.07, 6.45) is 1.95. The van der Waals surface area contributed by atoms with Gasteiger partial charge in [-0.1, -0.05) is 100 Å². The molecule has 0 fully saturated rings. The van der Waals surface area contributed by atoms with Gasteiger partial charge in [-0.2, -0.15) is 0 Å². The fraction of sp³-hybridized carbons (Fsp3) is 0.263. The first kappa shape index (κ1) is 26.8. The monoisotopic (exact) mass is 578 g/mol. The van der Waals surface area contributed by atoms with Crippen LogP contribution in [0, 0.1) is 5.92 Å². The minimum atomic E-state index is -0.264. The van der Waals surface area contributed by atoms with Gasteiger partial charge < -0.3 is 20.4 Å². The van der Waals surface area contributed by atoms with Crippen LogP contribution in [0.5, 0.6) is 0 Å². The smallest absolute Gasteiger partial charge is 0.178 e. The van der Waals surface area contributed by atoms with Crippen molar-refractivity contribution in [2.45, 2.75) is 57.3 Å². The lowest BCUT2D eigenvalue weighted by atomic mass is 9.59. The highest BCUT2D eigenvalue weighted by Crippen LogP contribution is 2.63. The van der Waals surface area contributed by atoms with E-state index in [1.54, 1.807) is 0 Å². The molecule has 6 heteroatoms. The summed E-state index contributed by atoms with van der Waals surface area (Å²) in [5.74, 6) is 2.46. The van der Waals surface area contributed by atoms with Crippen molar-refractivity contribution in [3.63, 3.8) is 0 Å². The molecule has 0 aliphatic carbocycles. The van der Waals surface area contributed by atoms with E-state index in [0.717, 1.165) is 28.7 Å². The van der Waals surface area contributed by atoms with Gasteiger partial charge >= 0.3 is 0 Å². The van der Waals surface area contributed by atoms with Crippen LogP contribution in [0.15, 0.2) is 115 Å². The van der Waals surface area contributed by atoms with Gasteiger partial charge in [0, 0.05) is 40.0 Å². The Hall–Kier alpha value is -4.84. The molecule has 6 nitrogen and oxygen atoms in total. The lowest BCUT2D eigenvalue weighted by molar-refractivity contribution is 0.217. The van der Waals surface area contributed by atoms with Crippen LogP contribution in [0.2, 0.25) is 0 Å². The number of hydrogen-bond acceptors (Lipinski definition) is 6. The highest BCUT2D eigenvalue weighted by atomic mass is 15.5. The minimum absolute atomic E-state index is 0.0243. The van der Waals surface area contributed by atoms with Crippen molar-refractivity contribution >= 4 is 34.4 Å². The van der Waals surface area contributed by atoms with Crippen molar-refractivity contribution in [2.75, 3.05) is 20.4 Å². The second-order valence-electron chi connectivity index (χ2n) is 12.9. The number of aromatic nitrogens is 2. The van der Waals surface area contributed by atoms with Crippen LogP contribution >= 0.6 is 0 Å². The predicted octanol–water partition coefficient (Wildman–Crippen LogP) is 8.77. The second-order valence-corrected chi connectivity index (χ2v) is 12.9. The maximum atomic E-state index is 5.30. The van der Waals surface area contributed by atoms with Crippen molar-refractivity contribution in [1.82, 2.24) is 9.97 Å². The number of fused-ring (bicyclic) bond motifs is 6. The Morgan fingerprint density at radius 1 is 0.795 bits per heavy atom. The molecule has 0 amide bonds. The molecule has 44 heavy (non-hydrogen) atoms. The third kappa shape index (κ3) is 3.86. The SMILES string of the molecule is CC(C)c1cnc2c(n1)N(c1ccccc1)C1C(C3(C)c4ccccc4NC(Nc4ccccc4)C3C)c3ccccc3N21. The Bertz CT molecular complexity index is 1820. The average molecular weight is 579 g/mol. The van der Waals surface area contributed by atoms with Crippen LogP contribution in [0.25, 0.3) is 0 Å². The maximum Gasteiger partial charge on any atom is 0.178 e. The summed E-state index contributed by atoms with van der Waals surface area (Å²) in [6.45, 7) is 9.25. The number of anilines is 6. The highest BCUT2D eigenvalue weighted by Gasteiger charge is 2.60. The van der Waals surface area contributed by atoms with Crippen molar-refractivity contribution < 1.29 is 0 Å². The molecule has 5 unspecified atom stereocenters. The van der Waals surface area contributed by atoms with E-state index in [4.69, 9.17) is 9.97 Å². The van der Waals surface area contributed by atoms with E-state index in [2.05, 4.69) is 157 Å². The number of nitrogens with zero attached hydrogens (tertiary/aromatic N) is 4. The van der Waals surface area contributed by atoms with E-state index >= 15 is 0 Å². The number of para-hydroxylation sites is 4. The molecule has 3 aliphatic heterocycles. The van der Waals surface area contributed by atoms with E-state index in [9.17, 15) is 0 Å². The summed E-state index contributed by atoms with van der Waals surface area (Å²) in [4.78, 5) is 15.4. The molecule has 4 heterocycles. The van der Waals surface area contributed by atoms with Gasteiger partial charge in [-0.15, -0.1) is 0 Å². The van der Waals surface area contributed by atoms with Gasteiger partial charge in [0.25, 0.3) is 0 Å². The fourth-order valence-corrected chi connectivity index (χ4v) is 7.83. The lowest BCUT2D eigenvalue weighted by Crippen LogP contribution is -2.56. The van der Waals surface area contributed by atoms with Gasteiger partial charge in [-0.3, -0.25) is 0 Å². The van der Waals surface area contributed by atoms with E-state index in [1.165, 1.54) is 22.5 Å². The first-order chi connectivity index (χ1) is 21.5. The summed E-state index contributed by atoms with van der Waals surface area (Å²) < 4.78 is 0.